The van der Waals surface area contributed by atoms with E-state index < -0.39 is 6.67 Å². The summed E-state index contributed by atoms with van der Waals surface area (Å²) in [5.41, 5.74) is 0.410. The Morgan fingerprint density at radius 1 is 1.40 bits per heavy atom. The van der Waals surface area contributed by atoms with Gasteiger partial charge in [0.1, 0.15) is 6.67 Å². The van der Waals surface area contributed by atoms with Gasteiger partial charge >= 0.3 is 6.03 Å². The molecule has 0 radical (unpaired) electrons. The molecule has 2 N–H and O–H groups in total. The lowest BCUT2D eigenvalue weighted by Gasteiger charge is -2.34. The van der Waals surface area contributed by atoms with Gasteiger partial charge in [0.25, 0.3) is 0 Å². The van der Waals surface area contributed by atoms with E-state index in [1.165, 1.54) is 0 Å². The van der Waals surface area contributed by atoms with Crippen LogP contribution < -0.4 is 10.6 Å². The number of halogens is 1. The normalized spacial score (nSPS) is 21.0. The molecule has 1 rings (SSSR count). The van der Waals surface area contributed by atoms with Gasteiger partial charge in [0.05, 0.1) is 0 Å². The number of amides is 2. The second-order valence-electron chi connectivity index (χ2n) is 5.03. The highest BCUT2D eigenvalue weighted by atomic mass is 19.1. The first-order chi connectivity index (χ1) is 7.03. The Bertz CT molecular complexity index is 209. The topological polar surface area (TPSA) is 41.1 Å². The van der Waals surface area contributed by atoms with Gasteiger partial charge in [-0.2, -0.15) is 0 Å². The summed E-state index contributed by atoms with van der Waals surface area (Å²) in [7, 11) is 0. The molecule has 0 aromatic rings. The third kappa shape index (κ3) is 4.49. The number of nitrogens with one attached hydrogen (secondary N) is 2. The molecule has 0 atom stereocenters. The summed E-state index contributed by atoms with van der Waals surface area (Å²) < 4.78 is 11.8. The standard InChI is InChI=1S/C11H21FN2O/c1-11(2)5-3-9(4-6-11)14-10(15)13-8-7-12/h9H,3-8H2,1-2H3,(H2,13,14,15). The van der Waals surface area contributed by atoms with E-state index in [-0.39, 0.29) is 18.6 Å². The Labute approximate surface area is 90.8 Å². The molecule has 1 aliphatic carbocycles. The van der Waals surface area contributed by atoms with Gasteiger partial charge in [-0.05, 0) is 31.1 Å². The maximum atomic E-state index is 11.8. The molecule has 0 aliphatic heterocycles. The Morgan fingerprint density at radius 2 is 2.00 bits per heavy atom. The van der Waals surface area contributed by atoms with Gasteiger partial charge < -0.3 is 10.6 Å². The van der Waals surface area contributed by atoms with Crippen LogP contribution in [0.5, 0.6) is 0 Å². The molecule has 3 nitrogen and oxygen atoms in total. The van der Waals surface area contributed by atoms with E-state index in [0.29, 0.717) is 5.41 Å². The van der Waals surface area contributed by atoms with Crippen molar-refractivity contribution in [3.05, 3.63) is 0 Å². The van der Waals surface area contributed by atoms with E-state index >= 15 is 0 Å². The third-order valence-electron chi connectivity index (χ3n) is 3.05. The van der Waals surface area contributed by atoms with Gasteiger partial charge in [-0.3, -0.25) is 0 Å². The predicted octanol–water partition coefficient (Wildman–Crippen LogP) is 2.22. The SMILES string of the molecule is CC1(C)CCC(NC(=O)NCCF)CC1. The van der Waals surface area contributed by atoms with Crippen LogP contribution in [-0.2, 0) is 0 Å². The first-order valence-electron chi connectivity index (χ1n) is 5.64. The van der Waals surface area contributed by atoms with Gasteiger partial charge in [0, 0.05) is 12.6 Å². The summed E-state index contributed by atoms with van der Waals surface area (Å²) in [5, 5.41) is 5.35. The largest absolute Gasteiger partial charge is 0.336 e. The van der Waals surface area contributed by atoms with Crippen molar-refractivity contribution in [3.8, 4) is 0 Å². The molecule has 1 saturated carbocycles. The Hall–Kier alpha value is -0.800. The molecule has 0 unspecified atom stereocenters. The second kappa shape index (κ2) is 5.33. The van der Waals surface area contributed by atoms with Crippen LogP contribution in [0.15, 0.2) is 0 Å². The zero-order valence-corrected chi connectivity index (χ0v) is 9.61. The lowest BCUT2D eigenvalue weighted by atomic mass is 9.76. The van der Waals surface area contributed by atoms with E-state index in [0.717, 1.165) is 25.7 Å². The molecule has 1 fully saturated rings. The van der Waals surface area contributed by atoms with Crippen molar-refractivity contribution in [1.29, 1.82) is 0 Å². The molecule has 0 spiro atoms. The van der Waals surface area contributed by atoms with Crippen LogP contribution in [0.3, 0.4) is 0 Å². The lowest BCUT2D eigenvalue weighted by molar-refractivity contribution is 0.197. The molecule has 0 heterocycles. The molecule has 4 heteroatoms. The quantitative estimate of drug-likeness (QED) is 0.746. The lowest BCUT2D eigenvalue weighted by Crippen LogP contribution is -2.45. The van der Waals surface area contributed by atoms with Crippen LogP contribution in [-0.4, -0.2) is 25.3 Å². The van der Waals surface area contributed by atoms with E-state index in [2.05, 4.69) is 24.5 Å². The molecule has 88 valence electrons. The number of rotatable bonds is 3. The van der Waals surface area contributed by atoms with Gasteiger partial charge in [0.2, 0.25) is 0 Å². The van der Waals surface area contributed by atoms with E-state index in [4.69, 9.17) is 0 Å². The van der Waals surface area contributed by atoms with Gasteiger partial charge in [-0.25, -0.2) is 9.18 Å². The minimum atomic E-state index is -0.509. The minimum Gasteiger partial charge on any atom is -0.336 e. The summed E-state index contributed by atoms with van der Waals surface area (Å²) in [6.07, 6.45) is 4.33. The van der Waals surface area contributed by atoms with Crippen molar-refractivity contribution >= 4 is 6.03 Å². The van der Waals surface area contributed by atoms with E-state index in [9.17, 15) is 9.18 Å². The minimum absolute atomic E-state index is 0.101. The van der Waals surface area contributed by atoms with Crippen molar-refractivity contribution in [1.82, 2.24) is 10.6 Å². The Balaban J connectivity index is 2.21. The second-order valence-corrected chi connectivity index (χ2v) is 5.03. The van der Waals surface area contributed by atoms with Gasteiger partial charge in [0.15, 0.2) is 0 Å². The van der Waals surface area contributed by atoms with Crippen LogP contribution in [0.25, 0.3) is 0 Å². The fraction of sp³-hybridized carbons (Fsp3) is 0.909. The summed E-state index contributed by atoms with van der Waals surface area (Å²) in [6.45, 7) is 4.11. The first kappa shape index (κ1) is 12.3. The van der Waals surface area contributed by atoms with Crippen molar-refractivity contribution in [3.63, 3.8) is 0 Å². The number of alkyl halides is 1. The summed E-state index contributed by atoms with van der Waals surface area (Å²) in [4.78, 5) is 11.2. The molecule has 0 bridgehead atoms. The Kier molecular flexibility index (Phi) is 4.36. The highest BCUT2D eigenvalue weighted by Crippen LogP contribution is 2.34. The molecular weight excluding hydrogens is 195 g/mol. The average molecular weight is 216 g/mol. The van der Waals surface area contributed by atoms with Crippen molar-refractivity contribution in [2.75, 3.05) is 13.2 Å². The number of carbonyl (C=O) groups excluding carboxylic acids is 1. The van der Waals surface area contributed by atoms with Gasteiger partial charge in [-0.1, -0.05) is 13.8 Å². The highest BCUT2D eigenvalue weighted by molar-refractivity contribution is 5.74. The molecule has 0 saturated heterocycles. The summed E-state index contributed by atoms with van der Waals surface area (Å²) >= 11 is 0. The van der Waals surface area contributed by atoms with Crippen molar-refractivity contribution in [2.24, 2.45) is 5.41 Å². The average Bonchev–Trinajstić information content (AvgIpc) is 2.18. The summed E-state index contributed by atoms with van der Waals surface area (Å²) in [6, 6.07) is 0.0231. The predicted molar refractivity (Wildman–Crippen MR) is 58.5 cm³/mol. The van der Waals surface area contributed by atoms with Crippen LogP contribution in [0, 0.1) is 5.41 Å². The zero-order chi connectivity index (χ0) is 11.3. The molecule has 1 aliphatic rings. The van der Waals surface area contributed by atoms with Crippen LogP contribution in [0.4, 0.5) is 9.18 Å². The molecular formula is C11H21FN2O. The molecule has 2 amide bonds. The van der Waals surface area contributed by atoms with Crippen LogP contribution >= 0.6 is 0 Å². The molecule has 0 aromatic heterocycles. The number of hydrogen-bond donors (Lipinski definition) is 2. The maximum Gasteiger partial charge on any atom is 0.315 e. The summed E-state index contributed by atoms with van der Waals surface area (Å²) in [5.74, 6) is 0. The molecule has 0 aromatic carbocycles. The number of urea groups is 1. The maximum absolute atomic E-state index is 11.8. The first-order valence-corrected chi connectivity index (χ1v) is 5.64. The molecule has 15 heavy (non-hydrogen) atoms. The fourth-order valence-electron chi connectivity index (χ4n) is 1.94. The van der Waals surface area contributed by atoms with Crippen molar-refractivity contribution in [2.45, 2.75) is 45.6 Å². The number of hydrogen-bond acceptors (Lipinski definition) is 1. The van der Waals surface area contributed by atoms with Crippen LogP contribution in [0.1, 0.15) is 39.5 Å². The van der Waals surface area contributed by atoms with E-state index in [1.54, 1.807) is 0 Å². The van der Waals surface area contributed by atoms with Crippen molar-refractivity contribution < 1.29 is 9.18 Å². The van der Waals surface area contributed by atoms with Gasteiger partial charge in [-0.15, -0.1) is 0 Å². The third-order valence-corrected chi connectivity index (χ3v) is 3.05. The smallest absolute Gasteiger partial charge is 0.315 e. The number of carbonyl (C=O) groups is 1. The Morgan fingerprint density at radius 3 is 2.53 bits per heavy atom. The fourth-order valence-corrected chi connectivity index (χ4v) is 1.94. The zero-order valence-electron chi connectivity index (χ0n) is 9.61. The highest BCUT2D eigenvalue weighted by Gasteiger charge is 2.27. The van der Waals surface area contributed by atoms with E-state index in [1.807, 2.05) is 0 Å². The monoisotopic (exact) mass is 216 g/mol. The van der Waals surface area contributed by atoms with Crippen LogP contribution in [0.2, 0.25) is 0 Å².